The normalized spacial score (nSPS) is 11.5. The second-order valence-corrected chi connectivity index (χ2v) is 3.30. The molecule has 0 fully saturated rings. The molecule has 0 aromatic heterocycles. The molecule has 3 heteroatoms. The van der Waals surface area contributed by atoms with Crippen molar-refractivity contribution in [1.82, 2.24) is 0 Å². The molecule has 0 heterocycles. The number of aryl methyl sites for hydroxylation is 1. The molecule has 0 saturated heterocycles. The van der Waals surface area contributed by atoms with Crippen molar-refractivity contribution in [2.75, 3.05) is 12.4 Å². The van der Waals surface area contributed by atoms with Gasteiger partial charge in [0.2, 0.25) is 0 Å². The maximum absolute atomic E-state index is 5.02. The largest absolute Gasteiger partial charge is 0.396 e. The lowest BCUT2D eigenvalue weighted by molar-refractivity contribution is 0.159. The van der Waals surface area contributed by atoms with Gasteiger partial charge in [0.05, 0.1) is 5.71 Å². The van der Waals surface area contributed by atoms with Gasteiger partial charge >= 0.3 is 0 Å². The van der Waals surface area contributed by atoms with E-state index in [2.05, 4.69) is 36.8 Å². The van der Waals surface area contributed by atoms with Crippen LogP contribution in [0.15, 0.2) is 29.4 Å². The highest BCUT2D eigenvalue weighted by Crippen LogP contribution is 2.07. The Morgan fingerprint density at radius 1 is 1.50 bits per heavy atom. The number of oxime groups is 1. The molecule has 14 heavy (non-hydrogen) atoms. The first-order valence-corrected chi connectivity index (χ1v) is 5.28. The Balaban J connectivity index is 2.89. The van der Waals surface area contributed by atoms with Crippen LogP contribution in [-0.2, 0) is 4.84 Å². The number of thiol groups is 1. The summed E-state index contributed by atoms with van der Waals surface area (Å²) in [4.78, 5) is 5.02. The zero-order chi connectivity index (χ0) is 10.4. The first-order valence-electron chi connectivity index (χ1n) is 4.64. The van der Waals surface area contributed by atoms with Gasteiger partial charge in [-0.2, -0.15) is 12.6 Å². The molecule has 76 valence electrons. The molecular formula is C11H15NOS. The monoisotopic (exact) mass is 209 g/mol. The fraction of sp³-hybridized carbons (Fsp3) is 0.364. The van der Waals surface area contributed by atoms with Crippen molar-refractivity contribution in [1.29, 1.82) is 0 Å². The highest BCUT2D eigenvalue weighted by Gasteiger charge is 2.01. The summed E-state index contributed by atoms with van der Waals surface area (Å²) in [5.74, 6) is 0.587. The zero-order valence-electron chi connectivity index (χ0n) is 8.53. The number of nitrogens with zero attached hydrogens (tertiary/aromatic N) is 1. The molecule has 1 rings (SSSR count). The molecule has 0 aliphatic rings. The Morgan fingerprint density at radius 2 is 2.29 bits per heavy atom. The van der Waals surface area contributed by atoms with Crippen LogP contribution < -0.4 is 0 Å². The van der Waals surface area contributed by atoms with Gasteiger partial charge in [0.15, 0.2) is 0 Å². The van der Waals surface area contributed by atoms with E-state index < -0.39 is 0 Å². The van der Waals surface area contributed by atoms with Crippen molar-refractivity contribution < 1.29 is 4.84 Å². The van der Waals surface area contributed by atoms with Crippen LogP contribution in [0.2, 0.25) is 0 Å². The minimum Gasteiger partial charge on any atom is -0.396 e. The summed E-state index contributed by atoms with van der Waals surface area (Å²) >= 11 is 4.22. The fourth-order valence-electron chi connectivity index (χ4n) is 1.14. The SMILES string of the molecule is CCO/N=C(\CS)c1cccc(C)c1. The number of hydrogen-bond donors (Lipinski definition) is 1. The molecule has 1 aromatic carbocycles. The van der Waals surface area contributed by atoms with Crippen molar-refractivity contribution >= 4 is 18.3 Å². The molecule has 1 aromatic rings. The summed E-state index contributed by atoms with van der Waals surface area (Å²) in [7, 11) is 0. The molecule has 0 saturated carbocycles. The Labute approximate surface area is 90.4 Å². The van der Waals surface area contributed by atoms with Crippen LogP contribution in [0.3, 0.4) is 0 Å². The van der Waals surface area contributed by atoms with Gasteiger partial charge in [-0.1, -0.05) is 35.0 Å². The van der Waals surface area contributed by atoms with Crippen LogP contribution in [0, 0.1) is 6.92 Å². The van der Waals surface area contributed by atoms with Crippen LogP contribution in [0.5, 0.6) is 0 Å². The van der Waals surface area contributed by atoms with Gasteiger partial charge in [-0.3, -0.25) is 0 Å². The number of rotatable bonds is 4. The molecule has 0 amide bonds. The average Bonchev–Trinajstić information content (AvgIpc) is 2.19. The third kappa shape index (κ3) is 3.07. The second-order valence-electron chi connectivity index (χ2n) is 2.98. The summed E-state index contributed by atoms with van der Waals surface area (Å²) < 4.78 is 0. The predicted molar refractivity (Wildman–Crippen MR) is 63.2 cm³/mol. The first-order chi connectivity index (χ1) is 6.77. The summed E-state index contributed by atoms with van der Waals surface area (Å²) in [6.07, 6.45) is 0. The Bertz CT molecular complexity index is 323. The summed E-state index contributed by atoms with van der Waals surface area (Å²) in [6, 6.07) is 8.16. The van der Waals surface area contributed by atoms with Gasteiger partial charge in [0.25, 0.3) is 0 Å². The summed E-state index contributed by atoms with van der Waals surface area (Å²) in [6.45, 7) is 4.55. The number of benzene rings is 1. The fourth-order valence-corrected chi connectivity index (χ4v) is 1.38. The quantitative estimate of drug-likeness (QED) is 0.459. The maximum atomic E-state index is 5.02. The van der Waals surface area contributed by atoms with Crippen LogP contribution in [0.1, 0.15) is 18.1 Å². The van der Waals surface area contributed by atoms with Crippen LogP contribution in [0.4, 0.5) is 0 Å². The number of hydrogen-bond acceptors (Lipinski definition) is 3. The van der Waals surface area contributed by atoms with Gasteiger partial charge in [-0.25, -0.2) is 0 Å². The average molecular weight is 209 g/mol. The third-order valence-electron chi connectivity index (χ3n) is 1.80. The molecular weight excluding hydrogens is 194 g/mol. The van der Waals surface area contributed by atoms with E-state index >= 15 is 0 Å². The predicted octanol–water partition coefficient (Wildman–Crippen LogP) is 2.67. The molecule has 0 aliphatic carbocycles. The minimum atomic E-state index is 0.586. The second kappa shape index (κ2) is 5.70. The van der Waals surface area contributed by atoms with Crippen molar-refractivity contribution in [2.45, 2.75) is 13.8 Å². The maximum Gasteiger partial charge on any atom is 0.114 e. The Hall–Kier alpha value is -0.960. The van der Waals surface area contributed by atoms with E-state index in [9.17, 15) is 0 Å². The van der Waals surface area contributed by atoms with E-state index in [4.69, 9.17) is 4.84 Å². The van der Waals surface area contributed by atoms with Crippen molar-refractivity contribution in [2.24, 2.45) is 5.16 Å². The lowest BCUT2D eigenvalue weighted by Crippen LogP contribution is -2.04. The Kier molecular flexibility index (Phi) is 4.53. The van der Waals surface area contributed by atoms with Gasteiger partial charge in [0.1, 0.15) is 6.61 Å². The van der Waals surface area contributed by atoms with Crippen LogP contribution in [0.25, 0.3) is 0 Å². The van der Waals surface area contributed by atoms with Gasteiger partial charge < -0.3 is 4.84 Å². The van der Waals surface area contributed by atoms with Crippen LogP contribution >= 0.6 is 12.6 Å². The van der Waals surface area contributed by atoms with Crippen molar-refractivity contribution in [3.05, 3.63) is 35.4 Å². The van der Waals surface area contributed by atoms with Gasteiger partial charge in [0, 0.05) is 11.3 Å². The van der Waals surface area contributed by atoms with E-state index in [0.29, 0.717) is 12.4 Å². The summed E-state index contributed by atoms with van der Waals surface area (Å²) in [5.41, 5.74) is 3.17. The highest BCUT2D eigenvalue weighted by atomic mass is 32.1. The smallest absolute Gasteiger partial charge is 0.114 e. The zero-order valence-corrected chi connectivity index (χ0v) is 9.42. The minimum absolute atomic E-state index is 0.586. The molecule has 0 unspecified atom stereocenters. The van der Waals surface area contributed by atoms with Gasteiger partial charge in [-0.15, -0.1) is 0 Å². The van der Waals surface area contributed by atoms with E-state index in [1.54, 1.807) is 0 Å². The molecule has 0 radical (unpaired) electrons. The molecule has 0 spiro atoms. The van der Waals surface area contributed by atoms with E-state index in [1.807, 2.05) is 19.1 Å². The lowest BCUT2D eigenvalue weighted by atomic mass is 10.1. The molecule has 0 bridgehead atoms. The first kappa shape index (κ1) is 11.1. The van der Waals surface area contributed by atoms with E-state index in [1.165, 1.54) is 5.56 Å². The topological polar surface area (TPSA) is 21.6 Å². The third-order valence-corrected chi connectivity index (χ3v) is 2.10. The van der Waals surface area contributed by atoms with E-state index in [-0.39, 0.29) is 0 Å². The lowest BCUT2D eigenvalue weighted by Gasteiger charge is -2.03. The van der Waals surface area contributed by atoms with Crippen LogP contribution in [-0.4, -0.2) is 18.1 Å². The van der Waals surface area contributed by atoms with Crippen molar-refractivity contribution in [3.8, 4) is 0 Å². The van der Waals surface area contributed by atoms with Gasteiger partial charge in [-0.05, 0) is 13.8 Å². The summed E-state index contributed by atoms with van der Waals surface area (Å²) in [5, 5.41) is 4.01. The van der Waals surface area contributed by atoms with Crippen molar-refractivity contribution in [3.63, 3.8) is 0 Å². The molecule has 2 nitrogen and oxygen atoms in total. The van der Waals surface area contributed by atoms with E-state index in [0.717, 1.165) is 11.3 Å². The molecule has 0 atom stereocenters. The highest BCUT2D eigenvalue weighted by molar-refractivity contribution is 7.81. The molecule has 0 N–H and O–H groups in total. The molecule has 0 aliphatic heterocycles. The standard InChI is InChI=1S/C11H15NOS/c1-3-13-12-11(8-14)10-6-4-5-9(2)7-10/h4-7,14H,3,8H2,1-2H3/b12-11+. The Morgan fingerprint density at radius 3 is 2.86 bits per heavy atom.